The van der Waals surface area contributed by atoms with Gasteiger partial charge in [0.1, 0.15) is 0 Å². The molecule has 0 saturated carbocycles. The van der Waals surface area contributed by atoms with Gasteiger partial charge in [-0.1, -0.05) is 45.3 Å². The van der Waals surface area contributed by atoms with Crippen molar-refractivity contribution in [1.29, 1.82) is 0 Å². The fourth-order valence-corrected chi connectivity index (χ4v) is 2.25. The van der Waals surface area contributed by atoms with Crippen LogP contribution in [0.25, 0.3) is 0 Å². The minimum Gasteiger partial charge on any atom is -0.379 e. The van der Waals surface area contributed by atoms with E-state index >= 15 is 0 Å². The van der Waals surface area contributed by atoms with Gasteiger partial charge in [0.25, 0.3) is 0 Å². The molecule has 0 aromatic heterocycles. The number of allylic oxidation sites excluding steroid dienone is 1. The summed E-state index contributed by atoms with van der Waals surface area (Å²) in [5.41, 5.74) is 4.93. The highest BCUT2D eigenvalue weighted by molar-refractivity contribution is 7.86. The van der Waals surface area contributed by atoms with Crippen molar-refractivity contribution in [3.63, 3.8) is 0 Å². The molecule has 0 atom stereocenters. The van der Waals surface area contributed by atoms with Crippen LogP contribution < -0.4 is 0 Å². The van der Waals surface area contributed by atoms with Gasteiger partial charge in [-0.2, -0.15) is 8.42 Å². The normalized spacial score (nSPS) is 12.9. The lowest BCUT2D eigenvalue weighted by Gasteiger charge is -2.33. The molecular weight excluding hydrogens is 240 g/mol. The lowest BCUT2D eigenvalue weighted by molar-refractivity contribution is 0.415. The second-order valence-electron chi connectivity index (χ2n) is 5.60. The molecule has 0 spiro atoms. The number of hydrogen-bond donors (Lipinski definition) is 0. The zero-order valence-electron chi connectivity index (χ0n) is 11.2. The molecule has 0 unspecified atom stereocenters. The van der Waals surface area contributed by atoms with E-state index in [1.54, 1.807) is 6.92 Å². The summed E-state index contributed by atoms with van der Waals surface area (Å²) in [6.45, 7) is 12.6. The third-order valence-corrected chi connectivity index (χ3v) is 8.13. The highest BCUT2D eigenvalue weighted by Gasteiger charge is 2.32. The Bertz CT molecular complexity index is 407. The van der Waals surface area contributed by atoms with E-state index in [-0.39, 0.29) is 5.04 Å². The van der Waals surface area contributed by atoms with Crippen LogP contribution in [0.2, 0.25) is 18.1 Å². The molecular formula is C11H22O3SSi. The van der Waals surface area contributed by atoms with Crippen LogP contribution in [0, 0.1) is 0 Å². The van der Waals surface area contributed by atoms with Gasteiger partial charge in [-0.25, -0.2) is 0 Å². The van der Waals surface area contributed by atoms with E-state index in [9.17, 15) is 8.42 Å². The van der Waals surface area contributed by atoms with E-state index < -0.39 is 18.2 Å². The fourth-order valence-electron chi connectivity index (χ4n) is 0.750. The first-order valence-electron chi connectivity index (χ1n) is 5.19. The van der Waals surface area contributed by atoms with Crippen LogP contribution >= 0.6 is 0 Å². The molecule has 0 saturated heterocycles. The Morgan fingerprint density at radius 1 is 1.31 bits per heavy atom. The zero-order chi connectivity index (χ0) is 13.2. The van der Waals surface area contributed by atoms with Crippen molar-refractivity contribution in [2.24, 2.45) is 0 Å². The second kappa shape index (κ2) is 4.78. The molecule has 0 bridgehead atoms. The van der Waals surface area contributed by atoms with Crippen LogP contribution in [-0.2, 0) is 14.3 Å². The molecule has 0 N–H and O–H groups in total. The lowest BCUT2D eigenvalue weighted by Crippen LogP contribution is -2.34. The van der Waals surface area contributed by atoms with Crippen LogP contribution in [-0.4, -0.2) is 22.7 Å². The van der Waals surface area contributed by atoms with Gasteiger partial charge in [-0.3, -0.25) is 0 Å². The van der Waals surface area contributed by atoms with Gasteiger partial charge in [0.05, 0.1) is 14.3 Å². The maximum atomic E-state index is 10.9. The summed E-state index contributed by atoms with van der Waals surface area (Å²) >= 11 is 0. The molecule has 0 aromatic rings. The first kappa shape index (κ1) is 15.5. The van der Waals surface area contributed by atoms with E-state index in [0.717, 1.165) is 6.26 Å². The summed E-state index contributed by atoms with van der Waals surface area (Å²) in [6, 6.07) is 0. The monoisotopic (exact) mass is 262 g/mol. The third kappa shape index (κ3) is 5.54. The van der Waals surface area contributed by atoms with Crippen molar-refractivity contribution < 1.29 is 12.6 Å². The average Bonchev–Trinajstić information content (AvgIpc) is 1.95. The highest BCUT2D eigenvalue weighted by atomic mass is 32.2. The summed E-state index contributed by atoms with van der Waals surface area (Å²) < 4.78 is 26.5. The Morgan fingerprint density at radius 2 is 1.75 bits per heavy atom. The average molecular weight is 262 g/mol. The standard InChI is InChI=1S/C11H22O3SSi/c1-10(14-15(5,12)13)8-9-16(6,7)11(2,3)4/h9H,1-7H3. The molecule has 0 radical (unpaired) electrons. The minimum atomic E-state index is -3.43. The fraction of sp³-hybridized carbons (Fsp3) is 0.727. The predicted octanol–water partition coefficient (Wildman–Crippen LogP) is 3.07. The van der Waals surface area contributed by atoms with Crippen molar-refractivity contribution in [3.05, 3.63) is 17.2 Å². The van der Waals surface area contributed by atoms with Crippen molar-refractivity contribution in [3.8, 4) is 0 Å². The SMILES string of the molecule is CC(=C=C[Si](C)(C)C(C)(C)C)OS(C)(=O)=O. The molecule has 0 aromatic carbocycles. The smallest absolute Gasteiger partial charge is 0.306 e. The molecule has 3 nitrogen and oxygen atoms in total. The molecule has 0 aliphatic heterocycles. The molecule has 16 heavy (non-hydrogen) atoms. The van der Waals surface area contributed by atoms with Crippen LogP contribution in [0.5, 0.6) is 0 Å². The quantitative estimate of drug-likeness (QED) is 0.340. The Hall–Kier alpha value is -0.513. The topological polar surface area (TPSA) is 43.4 Å². The molecule has 0 amide bonds. The van der Waals surface area contributed by atoms with Crippen molar-refractivity contribution >= 4 is 18.2 Å². The summed E-state index contributed by atoms with van der Waals surface area (Å²) in [4.78, 5) is 0. The summed E-state index contributed by atoms with van der Waals surface area (Å²) in [5, 5.41) is 0.214. The molecule has 0 rings (SSSR count). The Kier molecular flexibility index (Phi) is 4.62. The van der Waals surface area contributed by atoms with Crippen LogP contribution in [0.3, 0.4) is 0 Å². The van der Waals surface area contributed by atoms with E-state index in [1.165, 1.54) is 0 Å². The molecule has 0 aliphatic carbocycles. The van der Waals surface area contributed by atoms with Crippen LogP contribution in [0.1, 0.15) is 27.7 Å². The minimum absolute atomic E-state index is 0.214. The maximum absolute atomic E-state index is 10.9. The van der Waals surface area contributed by atoms with Gasteiger partial charge in [-0.05, 0) is 5.04 Å². The first-order valence-corrected chi connectivity index (χ1v) is 10.1. The maximum Gasteiger partial charge on any atom is 0.306 e. The summed E-state index contributed by atoms with van der Waals surface area (Å²) in [6.07, 6.45) is 1.03. The summed E-state index contributed by atoms with van der Waals surface area (Å²) in [7, 11) is -5.01. The molecule has 94 valence electrons. The van der Waals surface area contributed by atoms with Gasteiger partial charge in [0.2, 0.25) is 0 Å². The van der Waals surface area contributed by atoms with Crippen molar-refractivity contribution in [2.75, 3.05) is 6.26 Å². The van der Waals surface area contributed by atoms with Crippen molar-refractivity contribution in [2.45, 2.75) is 45.8 Å². The van der Waals surface area contributed by atoms with E-state index in [0.29, 0.717) is 5.76 Å². The van der Waals surface area contributed by atoms with Crippen LogP contribution in [0.4, 0.5) is 0 Å². The lowest BCUT2D eigenvalue weighted by atomic mass is 10.2. The van der Waals surface area contributed by atoms with Gasteiger partial charge in [0.15, 0.2) is 5.76 Å². The van der Waals surface area contributed by atoms with Gasteiger partial charge < -0.3 is 4.18 Å². The number of hydrogen-bond acceptors (Lipinski definition) is 3. The van der Waals surface area contributed by atoms with E-state index in [4.69, 9.17) is 4.18 Å². The Labute approximate surface area is 100 Å². The van der Waals surface area contributed by atoms with E-state index in [2.05, 4.69) is 39.6 Å². The zero-order valence-corrected chi connectivity index (χ0v) is 13.0. The van der Waals surface area contributed by atoms with Gasteiger partial charge >= 0.3 is 10.1 Å². The molecule has 0 fully saturated rings. The molecule has 0 aliphatic rings. The molecule has 5 heteroatoms. The molecule has 0 heterocycles. The van der Waals surface area contributed by atoms with Gasteiger partial charge in [-0.15, -0.1) is 0 Å². The van der Waals surface area contributed by atoms with Crippen LogP contribution in [0.15, 0.2) is 17.2 Å². The van der Waals surface area contributed by atoms with Crippen molar-refractivity contribution in [1.82, 2.24) is 0 Å². The van der Waals surface area contributed by atoms with E-state index in [1.807, 2.05) is 5.70 Å². The predicted molar refractivity (Wildman–Crippen MR) is 70.4 cm³/mol. The van der Waals surface area contributed by atoms with Gasteiger partial charge in [0, 0.05) is 6.92 Å². The number of rotatable bonds is 3. The summed E-state index contributed by atoms with van der Waals surface area (Å²) in [5.74, 6) is 0.298. The third-order valence-electron chi connectivity index (χ3n) is 2.85. The Balaban J connectivity index is 5.03. The highest BCUT2D eigenvalue weighted by Crippen LogP contribution is 2.36. The second-order valence-corrected chi connectivity index (χ2v) is 12.4. The first-order chi connectivity index (χ1) is 6.85. The largest absolute Gasteiger partial charge is 0.379 e. The Morgan fingerprint density at radius 3 is 2.06 bits per heavy atom.